The van der Waals surface area contributed by atoms with Crippen LogP contribution in [0.2, 0.25) is 0 Å². The van der Waals surface area contributed by atoms with Crippen LogP contribution in [0.5, 0.6) is 5.75 Å². The summed E-state index contributed by atoms with van der Waals surface area (Å²) in [7, 11) is 0. The van der Waals surface area contributed by atoms with E-state index in [9.17, 15) is 9.59 Å². The van der Waals surface area contributed by atoms with Crippen LogP contribution in [-0.2, 0) is 12.1 Å². The topological polar surface area (TPSA) is 64.1 Å². The Morgan fingerprint density at radius 1 is 0.735 bits per heavy atom. The molecule has 5 nitrogen and oxygen atoms in total. The van der Waals surface area contributed by atoms with E-state index in [4.69, 9.17) is 4.74 Å². The third-order valence-electron chi connectivity index (χ3n) is 6.04. The molecule has 0 saturated carbocycles. The van der Waals surface area contributed by atoms with E-state index in [-0.39, 0.29) is 11.2 Å². The lowest BCUT2D eigenvalue weighted by Crippen LogP contribution is -2.38. The molecule has 4 aromatic rings. The number of nitrogens with one attached hydrogen (secondary N) is 1. The van der Waals surface area contributed by atoms with Gasteiger partial charge in [-0.05, 0) is 18.6 Å². The van der Waals surface area contributed by atoms with Gasteiger partial charge in [0.2, 0.25) is 0 Å². The molecule has 0 radical (unpaired) electrons. The first-order valence-corrected chi connectivity index (χ1v) is 11.8. The van der Waals surface area contributed by atoms with E-state index in [1.807, 2.05) is 24.3 Å². The minimum atomic E-state index is -0.513. The maximum Gasteiger partial charge on any atom is 0.328 e. The largest absolute Gasteiger partial charge is 0.473 e. The van der Waals surface area contributed by atoms with E-state index < -0.39 is 5.60 Å². The Bertz CT molecular complexity index is 1250. The second-order valence-corrected chi connectivity index (χ2v) is 8.40. The van der Waals surface area contributed by atoms with Gasteiger partial charge in [0.15, 0.2) is 5.60 Å². The van der Waals surface area contributed by atoms with Gasteiger partial charge in [0.1, 0.15) is 5.75 Å². The van der Waals surface area contributed by atoms with Crippen LogP contribution in [0.25, 0.3) is 0 Å². The maximum atomic E-state index is 11.2. The maximum absolute atomic E-state index is 11.2. The number of ether oxygens (including phenoxy) is 1. The van der Waals surface area contributed by atoms with Gasteiger partial charge < -0.3 is 9.30 Å². The lowest BCUT2D eigenvalue weighted by Gasteiger charge is -2.39. The molecule has 0 atom stereocenters. The molecule has 0 fully saturated rings. The van der Waals surface area contributed by atoms with Crippen molar-refractivity contribution in [3.8, 4) is 5.75 Å². The van der Waals surface area contributed by atoms with Crippen LogP contribution in [0.4, 0.5) is 0 Å². The van der Waals surface area contributed by atoms with Crippen LogP contribution in [0.3, 0.4) is 0 Å². The molecule has 2 aliphatic rings. The number of aromatic amines is 1. The predicted octanol–water partition coefficient (Wildman–Crippen LogP) is 5.49. The van der Waals surface area contributed by atoms with Gasteiger partial charge in [-0.15, -0.1) is 0 Å². The first-order valence-electron chi connectivity index (χ1n) is 11.8. The molecule has 3 aromatic carbocycles. The highest BCUT2D eigenvalue weighted by Crippen LogP contribution is 2.44. The van der Waals surface area contributed by atoms with Crippen molar-refractivity contribution >= 4 is 0 Å². The minimum absolute atomic E-state index is 0.311. The monoisotopic (exact) mass is 454 g/mol. The van der Waals surface area contributed by atoms with Crippen molar-refractivity contribution < 1.29 is 4.74 Å². The third-order valence-corrected chi connectivity index (χ3v) is 6.04. The lowest BCUT2D eigenvalue weighted by atomic mass is 9.78. The van der Waals surface area contributed by atoms with Gasteiger partial charge in [-0.25, -0.2) is 4.79 Å². The zero-order chi connectivity index (χ0) is 23.8. The Hall–Kier alpha value is -3.86. The highest BCUT2D eigenvalue weighted by Gasteiger charge is 2.41. The fourth-order valence-corrected chi connectivity index (χ4v) is 4.29. The van der Waals surface area contributed by atoms with Gasteiger partial charge in [0.25, 0.3) is 5.56 Å². The van der Waals surface area contributed by atoms with Crippen LogP contribution in [0.1, 0.15) is 49.3 Å². The first kappa shape index (κ1) is 23.3. The van der Waals surface area contributed by atoms with Gasteiger partial charge >= 0.3 is 5.69 Å². The van der Waals surface area contributed by atoms with Gasteiger partial charge in [0.05, 0.1) is 0 Å². The number of hydrogen-bond donors (Lipinski definition) is 1. The zero-order valence-corrected chi connectivity index (χ0v) is 19.4. The Balaban J connectivity index is 0.000000173. The number of rotatable bonds is 7. The van der Waals surface area contributed by atoms with E-state index in [2.05, 4.69) is 72.6 Å². The van der Waals surface area contributed by atoms with Crippen LogP contribution in [0.15, 0.2) is 107 Å². The molecule has 0 unspecified atom stereocenters. The Morgan fingerprint density at radius 3 is 1.82 bits per heavy atom. The first-order chi connectivity index (χ1) is 16.6. The summed E-state index contributed by atoms with van der Waals surface area (Å²) >= 11 is 0. The number of H-pyrrole nitrogens is 1. The van der Waals surface area contributed by atoms with Crippen molar-refractivity contribution in [3.63, 3.8) is 0 Å². The van der Waals surface area contributed by atoms with Crippen LogP contribution in [-0.4, -0.2) is 9.55 Å². The van der Waals surface area contributed by atoms with Crippen molar-refractivity contribution in [1.82, 2.24) is 9.55 Å². The van der Waals surface area contributed by atoms with E-state index in [1.54, 1.807) is 6.20 Å². The summed E-state index contributed by atoms with van der Waals surface area (Å²) in [5.74, 6) is 0.910. The van der Waals surface area contributed by atoms with Crippen LogP contribution < -0.4 is 16.0 Å². The summed E-state index contributed by atoms with van der Waals surface area (Å²) in [6.07, 6.45) is 6.04. The summed E-state index contributed by atoms with van der Waals surface area (Å²) in [6.45, 7) is 2.84. The normalized spacial score (nSPS) is 13.0. The van der Waals surface area contributed by atoms with Crippen molar-refractivity contribution in [1.29, 1.82) is 0 Å². The third kappa shape index (κ3) is 5.04. The van der Waals surface area contributed by atoms with Crippen LogP contribution >= 0.6 is 0 Å². The molecular formula is C29H30N2O3. The molecule has 2 bridgehead atoms. The molecule has 174 valence electrons. The molecule has 34 heavy (non-hydrogen) atoms. The smallest absolute Gasteiger partial charge is 0.328 e. The average Bonchev–Trinajstić information content (AvgIpc) is 2.89. The molecule has 0 aliphatic carbocycles. The zero-order valence-electron chi connectivity index (χ0n) is 19.4. The number of nitrogens with zero attached hydrogens (tertiary/aromatic N) is 1. The van der Waals surface area contributed by atoms with Crippen molar-refractivity contribution in [2.45, 2.75) is 44.8 Å². The summed E-state index contributed by atoms with van der Waals surface area (Å²) in [5.41, 5.74) is 2.33. The number of benzene rings is 3. The Kier molecular flexibility index (Phi) is 7.43. The van der Waals surface area contributed by atoms with E-state index in [1.165, 1.54) is 29.0 Å². The highest BCUT2D eigenvalue weighted by molar-refractivity contribution is 5.52. The van der Waals surface area contributed by atoms with Crippen molar-refractivity contribution in [2.24, 2.45) is 0 Å². The quantitative estimate of drug-likeness (QED) is 0.376. The molecule has 5 heteroatoms. The van der Waals surface area contributed by atoms with Crippen molar-refractivity contribution in [2.75, 3.05) is 0 Å². The minimum Gasteiger partial charge on any atom is -0.473 e. The number of aryl methyl sites for hydroxylation is 1. The average molecular weight is 455 g/mol. The molecule has 6 rings (SSSR count). The number of unbranched alkanes of at least 4 members (excludes halogenated alkanes) is 3. The lowest BCUT2D eigenvalue weighted by molar-refractivity contribution is 0.146. The fourth-order valence-electron chi connectivity index (χ4n) is 4.29. The molecular weight excluding hydrogens is 424 g/mol. The van der Waals surface area contributed by atoms with E-state index in [0.29, 0.717) is 6.54 Å². The van der Waals surface area contributed by atoms with Gasteiger partial charge in [-0.2, -0.15) is 0 Å². The molecule has 1 aromatic heterocycles. The number of aromatic nitrogens is 2. The number of hydrogen-bond acceptors (Lipinski definition) is 3. The molecule has 1 N–H and O–H groups in total. The Morgan fingerprint density at radius 2 is 1.32 bits per heavy atom. The highest BCUT2D eigenvalue weighted by atomic mass is 16.5. The molecule has 2 aliphatic heterocycles. The van der Waals surface area contributed by atoms with Crippen molar-refractivity contribution in [3.05, 3.63) is 135 Å². The van der Waals surface area contributed by atoms with Gasteiger partial charge in [-0.1, -0.05) is 99.0 Å². The fraction of sp³-hybridized carbons (Fsp3) is 0.241. The summed E-state index contributed by atoms with van der Waals surface area (Å²) in [6, 6.07) is 30.6. The van der Waals surface area contributed by atoms with E-state index in [0.717, 1.165) is 29.7 Å². The summed E-state index contributed by atoms with van der Waals surface area (Å²) in [5, 5.41) is 0. The molecule has 0 spiro atoms. The summed E-state index contributed by atoms with van der Waals surface area (Å²) in [4.78, 5) is 24.2. The summed E-state index contributed by atoms with van der Waals surface area (Å²) < 4.78 is 7.89. The van der Waals surface area contributed by atoms with Gasteiger partial charge in [0, 0.05) is 35.5 Å². The van der Waals surface area contributed by atoms with E-state index >= 15 is 0 Å². The number of fused-ring (bicyclic) bond motifs is 3. The standard InChI is InChI=1S/C19H14O.C10H16N2O2/c1-3-7-15(8-4-1)19(16-9-5-2-6-10-16)17-11-13-18(20-19)14-12-17;1-2-3-4-5-7-12-8-6-9(13)11-10(12)14/h1-14H;6,8H,2-5,7H2,1H3,(H,11,13,14). The van der Waals surface area contributed by atoms with Crippen LogP contribution in [0, 0.1) is 0 Å². The second-order valence-electron chi connectivity index (χ2n) is 8.40. The molecule has 3 heterocycles. The molecule has 0 saturated heterocycles. The Labute approximate surface area is 199 Å². The second kappa shape index (κ2) is 10.8. The molecule has 0 amide bonds. The van der Waals surface area contributed by atoms with Gasteiger partial charge in [-0.3, -0.25) is 9.78 Å². The predicted molar refractivity (Wildman–Crippen MR) is 135 cm³/mol. The SMILES string of the molecule is CCCCCCn1ccc(=O)[nH]c1=O.c1ccc(C2(c3ccccc3)Oc3ccc2cc3)cc1.